The molecule has 1 N–H and O–H groups in total. The molecule has 2 aromatic carbocycles. The number of ether oxygens (including phenoxy) is 1. The van der Waals surface area contributed by atoms with Gasteiger partial charge in [-0.2, -0.15) is 0 Å². The molecule has 1 heterocycles. The van der Waals surface area contributed by atoms with Crippen molar-refractivity contribution in [3.8, 4) is 11.6 Å². The van der Waals surface area contributed by atoms with Crippen molar-refractivity contribution in [3.05, 3.63) is 72.6 Å². The van der Waals surface area contributed by atoms with Crippen molar-refractivity contribution in [2.24, 2.45) is 0 Å². The average Bonchev–Trinajstić information content (AvgIpc) is 2.69. The fourth-order valence-corrected chi connectivity index (χ4v) is 2.55. The van der Waals surface area contributed by atoms with Crippen molar-refractivity contribution >= 4 is 29.0 Å². The van der Waals surface area contributed by atoms with Crippen molar-refractivity contribution in [1.82, 2.24) is 9.97 Å². The summed E-state index contributed by atoms with van der Waals surface area (Å²) in [5.41, 5.74) is 1.79. The van der Waals surface area contributed by atoms with Gasteiger partial charge in [-0.05, 0) is 17.7 Å². The minimum absolute atomic E-state index is 0.103. The lowest BCUT2D eigenvalue weighted by Gasteiger charge is -2.18. The van der Waals surface area contributed by atoms with Crippen molar-refractivity contribution < 1.29 is 9.53 Å². The molecule has 138 valence electrons. The van der Waals surface area contributed by atoms with Crippen LogP contribution in [0.5, 0.6) is 11.6 Å². The summed E-state index contributed by atoms with van der Waals surface area (Å²) >= 11 is 5.51. The van der Waals surface area contributed by atoms with Gasteiger partial charge in [0.25, 0.3) is 0 Å². The molecule has 0 saturated carbocycles. The second-order valence-corrected chi connectivity index (χ2v) is 6.14. The van der Waals surface area contributed by atoms with Gasteiger partial charge in [0.1, 0.15) is 23.8 Å². The monoisotopic (exact) mass is 382 g/mol. The molecular weight excluding hydrogens is 364 g/mol. The van der Waals surface area contributed by atoms with E-state index in [0.29, 0.717) is 17.3 Å². The zero-order valence-corrected chi connectivity index (χ0v) is 15.6. The molecule has 6 nitrogen and oxygen atoms in total. The van der Waals surface area contributed by atoms with Gasteiger partial charge in [-0.25, -0.2) is 9.97 Å². The molecule has 0 unspecified atom stereocenters. The van der Waals surface area contributed by atoms with E-state index in [9.17, 15) is 4.79 Å². The van der Waals surface area contributed by atoms with Gasteiger partial charge in [-0.3, -0.25) is 4.79 Å². The molecule has 1 amide bonds. The highest BCUT2D eigenvalue weighted by Gasteiger charge is 2.08. The highest BCUT2D eigenvalue weighted by molar-refractivity contribution is 6.29. The van der Waals surface area contributed by atoms with Crippen LogP contribution in [0.25, 0.3) is 0 Å². The van der Waals surface area contributed by atoms with Crippen molar-refractivity contribution in [3.63, 3.8) is 0 Å². The number of benzene rings is 2. The summed E-state index contributed by atoms with van der Waals surface area (Å²) in [4.78, 5) is 21.9. The first-order chi connectivity index (χ1) is 13.1. The molecule has 0 aliphatic rings. The summed E-state index contributed by atoms with van der Waals surface area (Å²) in [5, 5.41) is 2.68. The summed E-state index contributed by atoms with van der Waals surface area (Å²) in [6.45, 7) is 0.719. The number of rotatable bonds is 7. The first-order valence-electron chi connectivity index (χ1n) is 8.35. The maximum absolute atomic E-state index is 11.4. The Bertz CT molecular complexity index is 905. The molecule has 0 spiro atoms. The van der Waals surface area contributed by atoms with Crippen LogP contribution in [0.1, 0.15) is 5.56 Å². The number of nitrogens with zero attached hydrogens (tertiary/aromatic N) is 3. The number of halogens is 1. The van der Waals surface area contributed by atoms with Crippen LogP contribution in [0.3, 0.4) is 0 Å². The fraction of sp³-hybridized carbons (Fsp3) is 0.150. The molecule has 0 saturated heterocycles. The summed E-state index contributed by atoms with van der Waals surface area (Å²) in [6, 6.07) is 18.9. The Morgan fingerprint density at radius 3 is 2.70 bits per heavy atom. The molecule has 0 bridgehead atoms. The zero-order chi connectivity index (χ0) is 19.1. The highest BCUT2D eigenvalue weighted by Crippen LogP contribution is 2.25. The van der Waals surface area contributed by atoms with Gasteiger partial charge in [0, 0.05) is 31.4 Å². The minimum atomic E-state index is -0.277. The van der Waals surface area contributed by atoms with Gasteiger partial charge in [-0.1, -0.05) is 36.4 Å². The summed E-state index contributed by atoms with van der Waals surface area (Å²) in [7, 11) is 1.96. The Morgan fingerprint density at radius 1 is 1.11 bits per heavy atom. The SMILES string of the molecule is CN(Cc1ccccc1)c1cc(Oc2cccc(NC(=O)CCl)c2)ncn1. The van der Waals surface area contributed by atoms with Crippen LogP contribution in [0.2, 0.25) is 0 Å². The third-order valence-electron chi connectivity index (χ3n) is 3.74. The molecule has 0 aliphatic heterocycles. The Kier molecular flexibility index (Phi) is 6.22. The molecule has 3 rings (SSSR count). The third-order valence-corrected chi connectivity index (χ3v) is 3.99. The van der Waals surface area contributed by atoms with Crippen LogP contribution in [0, 0.1) is 0 Å². The molecule has 0 atom stereocenters. The molecule has 3 aromatic rings. The van der Waals surface area contributed by atoms with Gasteiger partial charge in [0.15, 0.2) is 0 Å². The molecule has 1 aromatic heterocycles. The van der Waals surface area contributed by atoms with Crippen molar-refractivity contribution in [1.29, 1.82) is 0 Å². The third kappa shape index (κ3) is 5.43. The van der Waals surface area contributed by atoms with Crippen LogP contribution in [0.4, 0.5) is 11.5 Å². The molecule has 7 heteroatoms. The smallest absolute Gasteiger partial charge is 0.239 e. The van der Waals surface area contributed by atoms with E-state index in [1.165, 1.54) is 11.9 Å². The molecular formula is C20H19ClN4O2. The standard InChI is InChI=1S/C20H19ClN4O2/c1-25(13-15-6-3-2-4-7-15)18-11-20(23-14-22-18)27-17-9-5-8-16(10-17)24-19(26)12-21/h2-11,14H,12-13H2,1H3,(H,24,26). The van der Waals surface area contributed by atoms with E-state index in [2.05, 4.69) is 27.4 Å². The maximum atomic E-state index is 11.4. The molecule has 0 fully saturated rings. The van der Waals surface area contributed by atoms with Crippen LogP contribution in [0.15, 0.2) is 67.0 Å². The topological polar surface area (TPSA) is 67.3 Å². The van der Waals surface area contributed by atoms with Crippen LogP contribution in [-0.2, 0) is 11.3 Å². The van der Waals surface area contributed by atoms with E-state index in [-0.39, 0.29) is 11.8 Å². The number of carbonyl (C=O) groups excluding carboxylic acids is 1. The van der Waals surface area contributed by atoms with Gasteiger partial charge < -0.3 is 15.0 Å². The number of aromatic nitrogens is 2. The lowest BCUT2D eigenvalue weighted by molar-refractivity contribution is -0.113. The highest BCUT2D eigenvalue weighted by atomic mass is 35.5. The van der Waals surface area contributed by atoms with Gasteiger partial charge in [-0.15, -0.1) is 11.6 Å². The van der Waals surface area contributed by atoms with E-state index >= 15 is 0 Å². The van der Waals surface area contributed by atoms with Crippen LogP contribution >= 0.6 is 11.6 Å². The largest absolute Gasteiger partial charge is 0.439 e. The normalized spacial score (nSPS) is 10.3. The lowest BCUT2D eigenvalue weighted by Crippen LogP contribution is -2.17. The predicted octanol–water partition coefficient (Wildman–Crippen LogP) is 4.08. The number of anilines is 2. The lowest BCUT2D eigenvalue weighted by atomic mass is 10.2. The molecule has 27 heavy (non-hydrogen) atoms. The first-order valence-corrected chi connectivity index (χ1v) is 8.88. The number of amides is 1. The van der Waals surface area contributed by atoms with Crippen LogP contribution in [-0.4, -0.2) is 28.8 Å². The van der Waals surface area contributed by atoms with E-state index < -0.39 is 0 Å². The van der Waals surface area contributed by atoms with Crippen molar-refractivity contribution in [2.75, 3.05) is 23.1 Å². The Balaban J connectivity index is 1.70. The van der Waals surface area contributed by atoms with Gasteiger partial charge >= 0.3 is 0 Å². The van der Waals surface area contributed by atoms with E-state index in [1.807, 2.05) is 30.1 Å². The zero-order valence-electron chi connectivity index (χ0n) is 14.8. The van der Waals surface area contributed by atoms with Crippen LogP contribution < -0.4 is 15.0 Å². The number of hydrogen-bond donors (Lipinski definition) is 1. The second-order valence-electron chi connectivity index (χ2n) is 5.87. The number of hydrogen-bond acceptors (Lipinski definition) is 5. The number of carbonyl (C=O) groups is 1. The fourth-order valence-electron chi connectivity index (χ4n) is 2.49. The first kappa shape index (κ1) is 18.7. The number of nitrogens with one attached hydrogen (secondary N) is 1. The average molecular weight is 383 g/mol. The Morgan fingerprint density at radius 2 is 1.93 bits per heavy atom. The molecule has 0 radical (unpaired) electrons. The Hall–Kier alpha value is -3.12. The van der Waals surface area contributed by atoms with E-state index in [0.717, 1.165) is 12.4 Å². The van der Waals surface area contributed by atoms with Gasteiger partial charge in [0.2, 0.25) is 11.8 Å². The maximum Gasteiger partial charge on any atom is 0.239 e. The van der Waals surface area contributed by atoms with E-state index in [1.54, 1.807) is 30.3 Å². The molecule has 0 aliphatic carbocycles. The Labute approximate surface area is 162 Å². The van der Waals surface area contributed by atoms with E-state index in [4.69, 9.17) is 16.3 Å². The quantitative estimate of drug-likeness (QED) is 0.623. The number of alkyl halides is 1. The van der Waals surface area contributed by atoms with Crippen molar-refractivity contribution in [2.45, 2.75) is 6.54 Å². The van der Waals surface area contributed by atoms with Gasteiger partial charge in [0.05, 0.1) is 0 Å². The summed E-state index contributed by atoms with van der Waals surface area (Å²) in [5.74, 6) is 1.34. The predicted molar refractivity (Wildman–Crippen MR) is 106 cm³/mol. The second kappa shape index (κ2) is 9.00. The summed E-state index contributed by atoms with van der Waals surface area (Å²) < 4.78 is 5.81. The summed E-state index contributed by atoms with van der Waals surface area (Å²) in [6.07, 6.45) is 1.46. The minimum Gasteiger partial charge on any atom is -0.439 e.